The third-order valence-corrected chi connectivity index (χ3v) is 3.67. The Hall–Kier alpha value is -1.29. The number of aromatic nitrogens is 1. The molecule has 2 rings (SSSR count). The standard InChI is InChI=1S/C14H16BrNO2/c1-3-4-13(14(17)18)16-8-9(2)11-7-10(15)5-6-12(11)16/h5-8,13H,3-4H2,1-2H3,(H,17,18). The van der Waals surface area contributed by atoms with Crippen LogP contribution < -0.4 is 0 Å². The van der Waals surface area contributed by atoms with E-state index in [0.29, 0.717) is 6.42 Å². The van der Waals surface area contributed by atoms with Gasteiger partial charge in [-0.3, -0.25) is 0 Å². The van der Waals surface area contributed by atoms with Crippen LogP contribution in [0.25, 0.3) is 10.9 Å². The van der Waals surface area contributed by atoms with Crippen LogP contribution in [0.2, 0.25) is 0 Å². The van der Waals surface area contributed by atoms with Gasteiger partial charge in [-0.05, 0) is 37.1 Å². The normalized spacial score (nSPS) is 12.8. The minimum absolute atomic E-state index is 0.479. The molecule has 96 valence electrons. The van der Waals surface area contributed by atoms with Gasteiger partial charge in [-0.15, -0.1) is 0 Å². The van der Waals surface area contributed by atoms with E-state index in [2.05, 4.69) is 15.9 Å². The van der Waals surface area contributed by atoms with E-state index in [1.807, 2.05) is 42.8 Å². The molecule has 0 bridgehead atoms. The quantitative estimate of drug-likeness (QED) is 0.922. The molecule has 0 spiro atoms. The second-order valence-corrected chi connectivity index (χ2v) is 5.44. The fourth-order valence-corrected chi connectivity index (χ4v) is 2.67. The summed E-state index contributed by atoms with van der Waals surface area (Å²) < 4.78 is 2.89. The number of benzene rings is 1. The molecule has 3 nitrogen and oxygen atoms in total. The molecule has 0 fully saturated rings. The molecule has 0 aliphatic carbocycles. The van der Waals surface area contributed by atoms with Crippen molar-refractivity contribution in [3.05, 3.63) is 34.4 Å². The van der Waals surface area contributed by atoms with Crippen LogP contribution >= 0.6 is 15.9 Å². The largest absolute Gasteiger partial charge is 0.480 e. The summed E-state index contributed by atoms with van der Waals surface area (Å²) in [7, 11) is 0. The summed E-state index contributed by atoms with van der Waals surface area (Å²) in [5, 5.41) is 10.5. The number of hydrogen-bond acceptors (Lipinski definition) is 1. The van der Waals surface area contributed by atoms with Gasteiger partial charge in [-0.1, -0.05) is 29.3 Å². The summed E-state index contributed by atoms with van der Waals surface area (Å²) in [5.41, 5.74) is 2.09. The third-order valence-electron chi connectivity index (χ3n) is 3.18. The molecule has 1 N–H and O–H groups in total. The molecule has 0 saturated heterocycles. The van der Waals surface area contributed by atoms with E-state index in [-0.39, 0.29) is 0 Å². The van der Waals surface area contributed by atoms with Crippen LogP contribution in [0.1, 0.15) is 31.4 Å². The number of carbonyl (C=O) groups is 1. The van der Waals surface area contributed by atoms with E-state index in [4.69, 9.17) is 0 Å². The van der Waals surface area contributed by atoms with Gasteiger partial charge in [0.1, 0.15) is 6.04 Å². The highest BCUT2D eigenvalue weighted by molar-refractivity contribution is 9.10. The van der Waals surface area contributed by atoms with Crippen LogP contribution in [0.3, 0.4) is 0 Å². The summed E-state index contributed by atoms with van der Waals surface area (Å²) in [5.74, 6) is -0.767. The van der Waals surface area contributed by atoms with Crippen molar-refractivity contribution in [2.24, 2.45) is 0 Å². The van der Waals surface area contributed by atoms with Crippen molar-refractivity contribution in [2.75, 3.05) is 0 Å². The number of aliphatic carboxylic acids is 1. The zero-order valence-corrected chi connectivity index (χ0v) is 12.1. The van der Waals surface area contributed by atoms with Gasteiger partial charge in [-0.25, -0.2) is 4.79 Å². The number of nitrogens with zero attached hydrogens (tertiary/aromatic N) is 1. The average molecular weight is 310 g/mol. The summed E-state index contributed by atoms with van der Waals surface area (Å²) in [4.78, 5) is 11.4. The molecule has 0 aliphatic heterocycles. The summed E-state index contributed by atoms with van der Waals surface area (Å²) in [6.45, 7) is 4.02. The lowest BCUT2D eigenvalue weighted by molar-refractivity contribution is -0.141. The van der Waals surface area contributed by atoms with E-state index < -0.39 is 12.0 Å². The molecule has 4 heteroatoms. The molecule has 0 aliphatic rings. The lowest BCUT2D eigenvalue weighted by atomic mass is 10.1. The minimum atomic E-state index is -0.767. The van der Waals surface area contributed by atoms with Crippen LogP contribution in [-0.4, -0.2) is 15.6 Å². The maximum Gasteiger partial charge on any atom is 0.326 e. The highest BCUT2D eigenvalue weighted by Gasteiger charge is 2.20. The number of rotatable bonds is 4. The fraction of sp³-hybridized carbons (Fsp3) is 0.357. The lowest BCUT2D eigenvalue weighted by Crippen LogP contribution is -2.18. The van der Waals surface area contributed by atoms with Crippen molar-refractivity contribution in [1.29, 1.82) is 0 Å². The summed E-state index contributed by atoms with van der Waals surface area (Å²) >= 11 is 3.45. The van der Waals surface area contributed by atoms with Crippen molar-refractivity contribution in [3.8, 4) is 0 Å². The number of fused-ring (bicyclic) bond motifs is 1. The Bertz CT molecular complexity index is 589. The SMILES string of the molecule is CCCC(C(=O)O)n1cc(C)c2cc(Br)ccc21. The predicted octanol–water partition coefficient (Wildman–Crippen LogP) is 4.14. The maximum absolute atomic E-state index is 11.4. The van der Waals surface area contributed by atoms with Crippen LogP contribution in [-0.2, 0) is 4.79 Å². The Balaban J connectivity index is 2.60. The van der Waals surface area contributed by atoms with Gasteiger partial charge in [0.2, 0.25) is 0 Å². The van der Waals surface area contributed by atoms with Crippen LogP contribution in [0, 0.1) is 6.92 Å². The Kier molecular flexibility index (Phi) is 3.76. The van der Waals surface area contributed by atoms with Gasteiger partial charge in [0, 0.05) is 21.6 Å². The second-order valence-electron chi connectivity index (χ2n) is 4.52. The Labute approximate surface area is 115 Å². The Morgan fingerprint density at radius 1 is 1.50 bits per heavy atom. The second kappa shape index (κ2) is 5.14. The topological polar surface area (TPSA) is 42.2 Å². The van der Waals surface area contributed by atoms with Crippen molar-refractivity contribution in [3.63, 3.8) is 0 Å². The molecule has 0 saturated carbocycles. The van der Waals surface area contributed by atoms with Gasteiger partial charge in [0.15, 0.2) is 0 Å². The number of halogens is 1. The number of carboxylic acid groups (broad SMARTS) is 1. The van der Waals surface area contributed by atoms with E-state index in [0.717, 1.165) is 27.4 Å². The lowest BCUT2D eigenvalue weighted by Gasteiger charge is -2.14. The fourth-order valence-electron chi connectivity index (χ4n) is 2.31. The highest BCUT2D eigenvalue weighted by atomic mass is 79.9. The van der Waals surface area contributed by atoms with Crippen LogP contribution in [0.4, 0.5) is 0 Å². The molecular formula is C14H16BrNO2. The van der Waals surface area contributed by atoms with Crippen LogP contribution in [0.15, 0.2) is 28.9 Å². The van der Waals surface area contributed by atoms with Gasteiger partial charge in [0.25, 0.3) is 0 Å². The zero-order chi connectivity index (χ0) is 13.3. The molecule has 0 amide bonds. The number of aryl methyl sites for hydroxylation is 1. The third kappa shape index (κ3) is 2.29. The van der Waals surface area contributed by atoms with E-state index in [1.54, 1.807) is 0 Å². The first-order chi connectivity index (χ1) is 8.54. The summed E-state index contributed by atoms with van der Waals surface area (Å²) in [6.07, 6.45) is 3.44. The Morgan fingerprint density at radius 2 is 2.22 bits per heavy atom. The molecule has 2 aromatic rings. The molecule has 0 radical (unpaired) electrons. The van der Waals surface area contributed by atoms with Crippen molar-refractivity contribution in [2.45, 2.75) is 32.7 Å². The van der Waals surface area contributed by atoms with Gasteiger partial charge in [0.05, 0.1) is 0 Å². The minimum Gasteiger partial charge on any atom is -0.480 e. The monoisotopic (exact) mass is 309 g/mol. The van der Waals surface area contributed by atoms with Crippen molar-refractivity contribution < 1.29 is 9.90 Å². The van der Waals surface area contributed by atoms with E-state index in [1.165, 1.54) is 0 Å². The number of hydrogen-bond donors (Lipinski definition) is 1. The number of carboxylic acids is 1. The van der Waals surface area contributed by atoms with Gasteiger partial charge in [-0.2, -0.15) is 0 Å². The van der Waals surface area contributed by atoms with Crippen molar-refractivity contribution in [1.82, 2.24) is 4.57 Å². The first-order valence-electron chi connectivity index (χ1n) is 6.04. The molecule has 1 unspecified atom stereocenters. The van der Waals surface area contributed by atoms with E-state index in [9.17, 15) is 9.90 Å². The molecule has 1 aromatic carbocycles. The Morgan fingerprint density at radius 3 is 2.83 bits per heavy atom. The molecule has 1 aromatic heterocycles. The van der Waals surface area contributed by atoms with Gasteiger partial charge >= 0.3 is 5.97 Å². The summed E-state index contributed by atoms with van der Waals surface area (Å²) in [6, 6.07) is 5.47. The molecule has 1 heterocycles. The maximum atomic E-state index is 11.4. The van der Waals surface area contributed by atoms with E-state index >= 15 is 0 Å². The first kappa shape index (κ1) is 13.1. The molecular weight excluding hydrogens is 294 g/mol. The van der Waals surface area contributed by atoms with Gasteiger partial charge < -0.3 is 9.67 Å². The predicted molar refractivity (Wildman–Crippen MR) is 76.0 cm³/mol. The van der Waals surface area contributed by atoms with Crippen molar-refractivity contribution >= 4 is 32.8 Å². The molecule has 1 atom stereocenters. The average Bonchev–Trinajstić information content (AvgIpc) is 2.63. The molecule has 18 heavy (non-hydrogen) atoms. The first-order valence-corrected chi connectivity index (χ1v) is 6.83. The van der Waals surface area contributed by atoms with Crippen LogP contribution in [0.5, 0.6) is 0 Å². The smallest absolute Gasteiger partial charge is 0.326 e. The zero-order valence-electron chi connectivity index (χ0n) is 10.5. The highest BCUT2D eigenvalue weighted by Crippen LogP contribution is 2.28.